The fraction of sp³-hybridized carbons (Fsp3) is 0.263. The van der Waals surface area contributed by atoms with Crippen molar-refractivity contribution in [2.45, 2.75) is 20.4 Å². The molecule has 0 saturated heterocycles. The summed E-state index contributed by atoms with van der Waals surface area (Å²) in [6, 6.07) is 15.3. The highest BCUT2D eigenvalue weighted by Gasteiger charge is 2.20. The number of carbonyl (C=O) groups is 2. The summed E-state index contributed by atoms with van der Waals surface area (Å²) in [6.45, 7) is 4.15. The van der Waals surface area contributed by atoms with E-state index in [0.29, 0.717) is 18.8 Å². The first kappa shape index (κ1) is 17.7. The van der Waals surface area contributed by atoms with Crippen molar-refractivity contribution in [2.75, 3.05) is 18.0 Å². The average molecular weight is 328 g/mol. The number of likely N-dealkylation sites (N-methyl/N-ethyl adjacent to an activating group) is 1. The Labute approximate surface area is 141 Å². The lowest BCUT2D eigenvalue weighted by atomic mass is 10.2. The molecule has 126 valence electrons. The van der Waals surface area contributed by atoms with Crippen LogP contribution in [0.4, 0.5) is 10.1 Å². The van der Waals surface area contributed by atoms with E-state index in [1.54, 1.807) is 11.0 Å². The van der Waals surface area contributed by atoms with Gasteiger partial charge in [-0.3, -0.25) is 9.59 Å². The quantitative estimate of drug-likeness (QED) is 0.817. The number of hydrogen-bond donors (Lipinski definition) is 0. The molecule has 0 fully saturated rings. The molecule has 2 rings (SSSR count). The zero-order chi connectivity index (χ0) is 17.5. The van der Waals surface area contributed by atoms with Gasteiger partial charge in [0.1, 0.15) is 12.4 Å². The van der Waals surface area contributed by atoms with Crippen molar-refractivity contribution in [3.05, 3.63) is 66.0 Å². The van der Waals surface area contributed by atoms with Gasteiger partial charge in [0.05, 0.1) is 0 Å². The van der Waals surface area contributed by atoms with Crippen LogP contribution in [0.2, 0.25) is 0 Å². The predicted octanol–water partition coefficient (Wildman–Crippen LogP) is 3.23. The molecule has 0 aliphatic rings. The number of hydrogen-bond acceptors (Lipinski definition) is 2. The number of benzene rings is 2. The van der Waals surface area contributed by atoms with Crippen molar-refractivity contribution in [1.29, 1.82) is 0 Å². The molecule has 0 bridgehead atoms. The first-order valence-corrected chi connectivity index (χ1v) is 7.86. The summed E-state index contributed by atoms with van der Waals surface area (Å²) in [4.78, 5) is 27.4. The van der Waals surface area contributed by atoms with Crippen LogP contribution in [0.25, 0.3) is 0 Å². The Morgan fingerprint density at radius 2 is 1.75 bits per heavy atom. The second-order valence-electron chi connectivity index (χ2n) is 5.48. The zero-order valence-corrected chi connectivity index (χ0v) is 13.9. The van der Waals surface area contributed by atoms with Gasteiger partial charge in [-0.1, -0.05) is 36.4 Å². The third-order valence-corrected chi connectivity index (χ3v) is 3.74. The minimum absolute atomic E-state index is 0.112. The molecule has 2 aromatic carbocycles. The minimum atomic E-state index is -0.442. The number of halogens is 1. The van der Waals surface area contributed by atoms with Crippen LogP contribution in [-0.4, -0.2) is 29.8 Å². The van der Waals surface area contributed by atoms with E-state index in [1.807, 2.05) is 37.3 Å². The van der Waals surface area contributed by atoms with Crippen LogP contribution in [0, 0.1) is 5.82 Å². The standard InChI is InChI=1S/C19H21FN2O2/c1-3-21(13-16-8-5-4-6-9-16)19(24)14-22(15(2)23)18-11-7-10-17(20)12-18/h4-12H,3,13-14H2,1-2H3. The van der Waals surface area contributed by atoms with Gasteiger partial charge in [0, 0.05) is 25.7 Å². The molecule has 0 aliphatic heterocycles. The maximum Gasteiger partial charge on any atom is 0.242 e. The van der Waals surface area contributed by atoms with E-state index in [2.05, 4.69) is 0 Å². The van der Waals surface area contributed by atoms with Crippen LogP contribution in [-0.2, 0) is 16.1 Å². The lowest BCUT2D eigenvalue weighted by Gasteiger charge is -2.26. The highest BCUT2D eigenvalue weighted by Crippen LogP contribution is 2.16. The summed E-state index contributed by atoms with van der Waals surface area (Å²) < 4.78 is 13.4. The molecule has 0 atom stereocenters. The first-order chi connectivity index (χ1) is 11.5. The summed E-state index contributed by atoms with van der Waals surface area (Å²) in [5, 5.41) is 0. The molecular formula is C19H21FN2O2. The van der Waals surface area contributed by atoms with Crippen molar-refractivity contribution >= 4 is 17.5 Å². The molecule has 0 unspecified atom stereocenters. The fourth-order valence-corrected chi connectivity index (χ4v) is 2.44. The van der Waals surface area contributed by atoms with Gasteiger partial charge in [0.15, 0.2) is 0 Å². The highest BCUT2D eigenvalue weighted by atomic mass is 19.1. The van der Waals surface area contributed by atoms with E-state index in [-0.39, 0.29) is 18.4 Å². The molecule has 2 amide bonds. The highest BCUT2D eigenvalue weighted by molar-refractivity contribution is 5.97. The van der Waals surface area contributed by atoms with Crippen molar-refractivity contribution < 1.29 is 14.0 Å². The summed E-state index contributed by atoms with van der Waals surface area (Å²) >= 11 is 0. The Morgan fingerprint density at radius 1 is 1.04 bits per heavy atom. The average Bonchev–Trinajstić information content (AvgIpc) is 2.58. The predicted molar refractivity (Wildman–Crippen MR) is 92.0 cm³/mol. The van der Waals surface area contributed by atoms with Gasteiger partial charge < -0.3 is 9.80 Å². The lowest BCUT2D eigenvalue weighted by molar-refractivity contribution is -0.131. The van der Waals surface area contributed by atoms with Crippen LogP contribution < -0.4 is 4.90 Å². The second kappa shape index (κ2) is 8.24. The molecule has 0 aromatic heterocycles. The molecule has 0 spiro atoms. The fourth-order valence-electron chi connectivity index (χ4n) is 2.44. The molecule has 0 aliphatic carbocycles. The van der Waals surface area contributed by atoms with Gasteiger partial charge in [-0.05, 0) is 30.7 Å². The number of rotatable bonds is 6. The van der Waals surface area contributed by atoms with Crippen molar-refractivity contribution in [3.63, 3.8) is 0 Å². The molecule has 24 heavy (non-hydrogen) atoms. The van der Waals surface area contributed by atoms with Crippen LogP contribution in [0.1, 0.15) is 19.4 Å². The zero-order valence-electron chi connectivity index (χ0n) is 13.9. The van der Waals surface area contributed by atoms with Gasteiger partial charge in [-0.15, -0.1) is 0 Å². The van der Waals surface area contributed by atoms with Gasteiger partial charge in [-0.25, -0.2) is 4.39 Å². The van der Waals surface area contributed by atoms with Gasteiger partial charge >= 0.3 is 0 Å². The summed E-state index contributed by atoms with van der Waals surface area (Å²) in [5.41, 5.74) is 1.40. The van der Waals surface area contributed by atoms with Crippen LogP contribution in [0.3, 0.4) is 0 Å². The van der Waals surface area contributed by atoms with Gasteiger partial charge in [-0.2, -0.15) is 0 Å². The molecule has 2 aromatic rings. The molecule has 0 radical (unpaired) electrons. The Morgan fingerprint density at radius 3 is 2.33 bits per heavy atom. The summed E-state index contributed by atoms with van der Waals surface area (Å²) in [7, 11) is 0. The Bertz CT molecular complexity index is 704. The molecule has 0 saturated carbocycles. The third kappa shape index (κ3) is 4.65. The van der Waals surface area contributed by atoms with Gasteiger partial charge in [0.25, 0.3) is 0 Å². The molecule has 5 heteroatoms. The molecule has 0 heterocycles. The largest absolute Gasteiger partial charge is 0.337 e. The number of anilines is 1. The topological polar surface area (TPSA) is 40.6 Å². The molecule has 0 N–H and O–H groups in total. The van der Waals surface area contributed by atoms with Crippen LogP contribution in [0.15, 0.2) is 54.6 Å². The van der Waals surface area contributed by atoms with E-state index in [9.17, 15) is 14.0 Å². The Hall–Kier alpha value is -2.69. The second-order valence-corrected chi connectivity index (χ2v) is 5.48. The number of nitrogens with zero attached hydrogens (tertiary/aromatic N) is 2. The minimum Gasteiger partial charge on any atom is -0.337 e. The normalized spacial score (nSPS) is 10.3. The lowest BCUT2D eigenvalue weighted by Crippen LogP contribution is -2.42. The van der Waals surface area contributed by atoms with E-state index < -0.39 is 5.82 Å². The number of carbonyl (C=O) groups excluding carboxylic acids is 2. The van der Waals surface area contributed by atoms with E-state index >= 15 is 0 Å². The van der Waals surface area contributed by atoms with Crippen LogP contribution >= 0.6 is 0 Å². The third-order valence-electron chi connectivity index (χ3n) is 3.74. The maximum absolute atomic E-state index is 13.4. The first-order valence-electron chi connectivity index (χ1n) is 7.86. The van der Waals surface area contributed by atoms with Crippen molar-refractivity contribution in [2.24, 2.45) is 0 Å². The van der Waals surface area contributed by atoms with Crippen molar-refractivity contribution in [1.82, 2.24) is 4.90 Å². The SMILES string of the molecule is CCN(Cc1ccccc1)C(=O)CN(C(C)=O)c1cccc(F)c1. The summed E-state index contributed by atoms with van der Waals surface area (Å²) in [6.07, 6.45) is 0. The molecule has 4 nitrogen and oxygen atoms in total. The molecular weight excluding hydrogens is 307 g/mol. The smallest absolute Gasteiger partial charge is 0.242 e. The van der Waals surface area contributed by atoms with Crippen LogP contribution in [0.5, 0.6) is 0 Å². The Kier molecular flexibility index (Phi) is 6.07. The Balaban J connectivity index is 2.12. The number of amides is 2. The van der Waals surface area contributed by atoms with Crippen molar-refractivity contribution in [3.8, 4) is 0 Å². The maximum atomic E-state index is 13.4. The van der Waals surface area contributed by atoms with E-state index in [4.69, 9.17) is 0 Å². The van der Waals surface area contributed by atoms with E-state index in [0.717, 1.165) is 5.56 Å². The van der Waals surface area contributed by atoms with Gasteiger partial charge in [0.2, 0.25) is 11.8 Å². The van der Waals surface area contributed by atoms with E-state index in [1.165, 1.54) is 30.0 Å². The summed E-state index contributed by atoms with van der Waals surface area (Å²) in [5.74, 6) is -0.923. The monoisotopic (exact) mass is 328 g/mol.